The van der Waals surface area contributed by atoms with Crippen LogP contribution in [-0.2, 0) is 0 Å². The van der Waals surface area contributed by atoms with Gasteiger partial charge in [0.2, 0.25) is 0 Å². The van der Waals surface area contributed by atoms with Crippen molar-refractivity contribution in [1.82, 2.24) is 0 Å². The van der Waals surface area contributed by atoms with Crippen molar-refractivity contribution in [3.63, 3.8) is 0 Å². The molecule has 0 aliphatic rings. The van der Waals surface area contributed by atoms with E-state index in [0.29, 0.717) is 0 Å². The number of anilines is 1. The summed E-state index contributed by atoms with van der Waals surface area (Å²) in [6.45, 7) is 0. The third kappa shape index (κ3) is 1.75. The van der Waals surface area contributed by atoms with Crippen molar-refractivity contribution in [3.05, 3.63) is 23.5 Å². The summed E-state index contributed by atoms with van der Waals surface area (Å²) < 4.78 is 12.8. The van der Waals surface area contributed by atoms with Gasteiger partial charge in [0.25, 0.3) is 0 Å². The molecule has 4 nitrogen and oxygen atoms in total. The predicted molar refractivity (Wildman–Crippen MR) is 49.6 cm³/mol. The number of nitrogens with zero attached hydrogens (tertiary/aromatic N) is 1. The Morgan fingerprint density at radius 2 is 2.21 bits per heavy atom. The average Bonchev–Trinajstić information content (AvgIpc) is 2.15. The number of nitrogen functional groups attached to an aromatic ring is 1. The molecule has 0 aliphatic heterocycles. The minimum absolute atomic E-state index is 0.0403. The maximum atomic E-state index is 12.8. The van der Waals surface area contributed by atoms with Crippen molar-refractivity contribution in [1.29, 1.82) is 5.26 Å². The molecule has 1 aromatic rings. The number of benzene rings is 1. The Morgan fingerprint density at radius 1 is 1.57 bits per heavy atom. The van der Waals surface area contributed by atoms with E-state index in [4.69, 9.17) is 16.7 Å². The van der Waals surface area contributed by atoms with Gasteiger partial charge in [-0.3, -0.25) is 0 Å². The first kappa shape index (κ1) is 10.3. The molecule has 14 heavy (non-hydrogen) atoms. The molecule has 0 radical (unpaired) electrons. The van der Waals surface area contributed by atoms with Gasteiger partial charge in [0, 0.05) is 11.6 Å². The van der Waals surface area contributed by atoms with Crippen LogP contribution < -0.4 is 11.5 Å². The minimum Gasteiger partial charge on any atom is -0.505 e. The van der Waals surface area contributed by atoms with Gasteiger partial charge in [-0.25, -0.2) is 4.39 Å². The summed E-state index contributed by atoms with van der Waals surface area (Å²) in [6.07, 6.45) is 0.0403. The number of phenols is 1. The highest BCUT2D eigenvalue weighted by Crippen LogP contribution is 2.31. The molecular weight excluding hydrogens is 185 g/mol. The van der Waals surface area contributed by atoms with Crippen LogP contribution in [0.4, 0.5) is 10.1 Å². The molecule has 0 fully saturated rings. The highest BCUT2D eigenvalue weighted by Gasteiger charge is 2.15. The molecule has 74 valence electrons. The van der Waals surface area contributed by atoms with Gasteiger partial charge in [0.15, 0.2) is 0 Å². The quantitative estimate of drug-likeness (QED) is 0.485. The molecule has 0 heterocycles. The summed E-state index contributed by atoms with van der Waals surface area (Å²) in [4.78, 5) is 0. The third-order valence-electron chi connectivity index (χ3n) is 1.91. The van der Waals surface area contributed by atoms with Gasteiger partial charge >= 0.3 is 0 Å². The summed E-state index contributed by atoms with van der Waals surface area (Å²) in [5, 5.41) is 17.8. The monoisotopic (exact) mass is 195 g/mol. The second kappa shape index (κ2) is 3.94. The van der Waals surface area contributed by atoms with Crippen LogP contribution in [0.15, 0.2) is 12.1 Å². The topological polar surface area (TPSA) is 96.1 Å². The number of nitriles is 1. The predicted octanol–water partition coefficient (Wildman–Crippen LogP) is 1.03. The number of hydrogen-bond acceptors (Lipinski definition) is 4. The lowest BCUT2D eigenvalue weighted by Crippen LogP contribution is -2.10. The first-order chi connectivity index (χ1) is 6.57. The van der Waals surface area contributed by atoms with Crippen molar-refractivity contribution < 1.29 is 9.50 Å². The van der Waals surface area contributed by atoms with Gasteiger partial charge in [-0.2, -0.15) is 5.26 Å². The van der Waals surface area contributed by atoms with Gasteiger partial charge in [-0.15, -0.1) is 0 Å². The number of nitrogens with two attached hydrogens (primary N) is 2. The number of rotatable bonds is 2. The van der Waals surface area contributed by atoms with E-state index in [1.54, 1.807) is 0 Å². The van der Waals surface area contributed by atoms with Gasteiger partial charge in [-0.05, 0) is 6.07 Å². The van der Waals surface area contributed by atoms with E-state index in [2.05, 4.69) is 0 Å². The Bertz CT molecular complexity index is 386. The molecule has 0 spiro atoms. The van der Waals surface area contributed by atoms with Gasteiger partial charge < -0.3 is 16.6 Å². The zero-order chi connectivity index (χ0) is 10.7. The highest BCUT2D eigenvalue weighted by atomic mass is 19.1. The maximum absolute atomic E-state index is 12.8. The Labute approximate surface area is 80.6 Å². The molecule has 0 saturated carbocycles. The van der Waals surface area contributed by atoms with Crippen molar-refractivity contribution in [2.75, 3.05) is 5.73 Å². The first-order valence-corrected chi connectivity index (χ1v) is 3.97. The molecule has 1 atom stereocenters. The van der Waals surface area contributed by atoms with E-state index in [9.17, 15) is 9.50 Å². The number of hydrogen-bond donors (Lipinski definition) is 3. The zero-order valence-corrected chi connectivity index (χ0v) is 7.37. The van der Waals surface area contributed by atoms with E-state index >= 15 is 0 Å². The van der Waals surface area contributed by atoms with Crippen molar-refractivity contribution >= 4 is 5.69 Å². The molecule has 1 rings (SSSR count). The van der Waals surface area contributed by atoms with E-state index in [0.717, 1.165) is 6.07 Å². The van der Waals surface area contributed by atoms with Crippen LogP contribution in [0, 0.1) is 17.1 Å². The largest absolute Gasteiger partial charge is 0.505 e. The minimum atomic E-state index is -0.699. The Morgan fingerprint density at radius 3 is 2.79 bits per heavy atom. The fourth-order valence-electron chi connectivity index (χ4n) is 1.11. The van der Waals surface area contributed by atoms with Crippen LogP contribution in [0.5, 0.6) is 5.75 Å². The molecule has 5 N–H and O–H groups in total. The molecule has 0 amide bonds. The zero-order valence-electron chi connectivity index (χ0n) is 7.37. The molecule has 0 unspecified atom stereocenters. The van der Waals surface area contributed by atoms with Crippen LogP contribution in [0.2, 0.25) is 0 Å². The maximum Gasteiger partial charge on any atom is 0.149 e. The van der Waals surface area contributed by atoms with Crippen LogP contribution in [0.25, 0.3) is 0 Å². The first-order valence-electron chi connectivity index (χ1n) is 3.97. The second-order valence-corrected chi connectivity index (χ2v) is 2.87. The summed E-state index contributed by atoms with van der Waals surface area (Å²) >= 11 is 0. The SMILES string of the molecule is N#CC[C@@H](N)c1ccc(F)c(N)c1O. The number of aromatic hydroxyl groups is 1. The number of phenolic OH excluding ortho intramolecular Hbond substituents is 1. The number of halogens is 1. The fourth-order valence-corrected chi connectivity index (χ4v) is 1.11. The lowest BCUT2D eigenvalue weighted by molar-refractivity contribution is 0.459. The van der Waals surface area contributed by atoms with Crippen molar-refractivity contribution in [2.24, 2.45) is 5.73 Å². The van der Waals surface area contributed by atoms with Crippen LogP contribution in [0.1, 0.15) is 18.0 Å². The molecule has 0 aromatic heterocycles. The molecular formula is C9H10FN3O. The van der Waals surface area contributed by atoms with E-state index < -0.39 is 11.9 Å². The van der Waals surface area contributed by atoms with E-state index in [-0.39, 0.29) is 23.4 Å². The molecule has 0 bridgehead atoms. The van der Waals surface area contributed by atoms with E-state index in [1.165, 1.54) is 6.07 Å². The van der Waals surface area contributed by atoms with Crippen molar-refractivity contribution in [2.45, 2.75) is 12.5 Å². The lowest BCUT2D eigenvalue weighted by Gasteiger charge is -2.11. The van der Waals surface area contributed by atoms with Gasteiger partial charge in [0.1, 0.15) is 17.3 Å². The third-order valence-corrected chi connectivity index (χ3v) is 1.91. The van der Waals surface area contributed by atoms with Crippen LogP contribution in [0.3, 0.4) is 0 Å². The summed E-state index contributed by atoms with van der Waals surface area (Å²) in [7, 11) is 0. The van der Waals surface area contributed by atoms with Gasteiger partial charge in [0.05, 0.1) is 12.5 Å². The molecule has 1 aromatic carbocycles. The molecule has 0 saturated heterocycles. The van der Waals surface area contributed by atoms with Gasteiger partial charge in [-0.1, -0.05) is 6.07 Å². The lowest BCUT2D eigenvalue weighted by atomic mass is 10.0. The molecule has 5 heteroatoms. The van der Waals surface area contributed by atoms with E-state index in [1.807, 2.05) is 6.07 Å². The molecule has 0 aliphatic carbocycles. The Kier molecular flexibility index (Phi) is 2.89. The van der Waals surface area contributed by atoms with Crippen LogP contribution >= 0.6 is 0 Å². The fraction of sp³-hybridized carbons (Fsp3) is 0.222. The highest BCUT2D eigenvalue weighted by molar-refractivity contribution is 5.57. The van der Waals surface area contributed by atoms with Crippen molar-refractivity contribution in [3.8, 4) is 11.8 Å². The summed E-state index contributed by atoms with van der Waals surface area (Å²) in [5.74, 6) is -1.08. The summed E-state index contributed by atoms with van der Waals surface area (Å²) in [6, 6.07) is 3.64. The Balaban J connectivity index is 3.12. The second-order valence-electron chi connectivity index (χ2n) is 2.87. The Hall–Kier alpha value is -1.80. The normalized spacial score (nSPS) is 12.1. The van der Waals surface area contributed by atoms with Crippen LogP contribution in [-0.4, -0.2) is 5.11 Å². The summed E-state index contributed by atoms with van der Waals surface area (Å²) in [5.41, 5.74) is 10.8. The standard InChI is InChI=1S/C9H10FN3O/c10-6-2-1-5(7(12)3-4-11)9(14)8(6)13/h1-2,7,14H,3,12-13H2/t7-/m1/s1. The smallest absolute Gasteiger partial charge is 0.149 e. The average molecular weight is 195 g/mol.